The lowest BCUT2D eigenvalue weighted by molar-refractivity contribution is 0.0694. The van der Waals surface area contributed by atoms with E-state index in [4.69, 9.17) is 9.15 Å². The lowest BCUT2D eigenvalue weighted by Crippen LogP contribution is -2.39. The maximum atomic E-state index is 13.4. The number of oxazole rings is 1. The minimum Gasteiger partial charge on any atom is -0.496 e. The number of ether oxygens (including phenoxy) is 1. The molecule has 0 radical (unpaired) electrons. The number of amides is 1. The van der Waals surface area contributed by atoms with Gasteiger partial charge in [0.15, 0.2) is 5.89 Å². The summed E-state index contributed by atoms with van der Waals surface area (Å²) in [6.07, 6.45) is 3.98. The number of benzene rings is 2. The summed E-state index contributed by atoms with van der Waals surface area (Å²) in [7, 11) is 1.57. The van der Waals surface area contributed by atoms with Gasteiger partial charge in [0.2, 0.25) is 0 Å². The van der Waals surface area contributed by atoms with Crippen LogP contribution in [0.3, 0.4) is 0 Å². The molecule has 0 bridgehead atoms. The predicted octanol–water partition coefficient (Wildman–Crippen LogP) is 4.43. The van der Waals surface area contributed by atoms with Crippen molar-refractivity contribution in [3.05, 3.63) is 83.3 Å². The summed E-state index contributed by atoms with van der Waals surface area (Å²) in [6.45, 7) is 1.25. The fourth-order valence-electron chi connectivity index (χ4n) is 3.80. The first-order chi connectivity index (χ1) is 14.1. The highest BCUT2D eigenvalue weighted by atomic mass is 19.1. The van der Waals surface area contributed by atoms with Crippen molar-refractivity contribution in [2.45, 2.75) is 25.2 Å². The zero-order valence-electron chi connectivity index (χ0n) is 16.3. The molecular weight excluding hydrogens is 371 g/mol. The van der Waals surface area contributed by atoms with Crippen molar-refractivity contribution < 1.29 is 18.3 Å². The number of piperidine rings is 1. The summed E-state index contributed by atoms with van der Waals surface area (Å²) in [6, 6.07) is 13.7. The van der Waals surface area contributed by atoms with E-state index in [1.165, 1.54) is 12.1 Å². The zero-order chi connectivity index (χ0) is 20.2. The number of methoxy groups -OCH3 is 1. The van der Waals surface area contributed by atoms with Crippen LogP contribution in [0.1, 0.15) is 46.3 Å². The van der Waals surface area contributed by atoms with Crippen molar-refractivity contribution >= 4 is 5.91 Å². The topological polar surface area (TPSA) is 55.6 Å². The van der Waals surface area contributed by atoms with Gasteiger partial charge in [-0.2, -0.15) is 0 Å². The van der Waals surface area contributed by atoms with Gasteiger partial charge in [0.25, 0.3) is 5.91 Å². The Kier molecular flexibility index (Phi) is 5.60. The molecule has 2 aromatic carbocycles. The van der Waals surface area contributed by atoms with Crippen molar-refractivity contribution in [2.24, 2.45) is 0 Å². The van der Waals surface area contributed by atoms with E-state index in [9.17, 15) is 9.18 Å². The lowest BCUT2D eigenvalue weighted by Gasteiger charge is -2.31. The summed E-state index contributed by atoms with van der Waals surface area (Å²) >= 11 is 0. The number of nitrogens with zero attached hydrogens (tertiary/aromatic N) is 2. The number of carbonyl (C=O) groups excluding carboxylic acids is 1. The van der Waals surface area contributed by atoms with E-state index in [0.29, 0.717) is 42.5 Å². The van der Waals surface area contributed by atoms with Crippen LogP contribution in [0, 0.1) is 5.82 Å². The SMILES string of the molecule is COc1ccccc1C(=O)N1CCC[C@H](c2ncc(Cc3cccc(F)c3)o2)C1. The van der Waals surface area contributed by atoms with Crippen molar-refractivity contribution in [1.82, 2.24) is 9.88 Å². The number of rotatable bonds is 5. The van der Waals surface area contributed by atoms with E-state index in [1.807, 2.05) is 23.1 Å². The van der Waals surface area contributed by atoms with Gasteiger partial charge >= 0.3 is 0 Å². The molecule has 1 atom stereocenters. The number of hydrogen-bond donors (Lipinski definition) is 0. The lowest BCUT2D eigenvalue weighted by atomic mass is 9.97. The molecule has 1 aliphatic heterocycles. The fourth-order valence-corrected chi connectivity index (χ4v) is 3.80. The molecule has 0 unspecified atom stereocenters. The molecule has 4 rings (SSSR count). The van der Waals surface area contributed by atoms with E-state index in [-0.39, 0.29) is 17.6 Å². The normalized spacial score (nSPS) is 16.6. The Hall–Kier alpha value is -3.15. The number of carbonyl (C=O) groups is 1. The van der Waals surface area contributed by atoms with Gasteiger partial charge < -0.3 is 14.1 Å². The minimum atomic E-state index is -0.264. The molecule has 0 saturated carbocycles. The molecule has 1 aromatic heterocycles. The molecule has 2 heterocycles. The number of hydrogen-bond acceptors (Lipinski definition) is 4. The molecule has 1 saturated heterocycles. The first-order valence-electron chi connectivity index (χ1n) is 9.75. The Morgan fingerprint density at radius 3 is 2.97 bits per heavy atom. The average Bonchev–Trinajstić information content (AvgIpc) is 3.22. The standard InChI is InChI=1S/C23H23FN2O3/c1-28-21-10-3-2-9-20(21)23(27)26-11-5-7-17(15-26)22-25-14-19(29-22)13-16-6-4-8-18(24)12-16/h2-4,6,8-10,12,14,17H,5,7,11,13,15H2,1H3/t17-/m0/s1. The molecule has 0 aliphatic carbocycles. The van der Waals surface area contributed by atoms with E-state index in [1.54, 1.807) is 31.5 Å². The van der Waals surface area contributed by atoms with Gasteiger partial charge in [-0.25, -0.2) is 9.37 Å². The third-order valence-electron chi connectivity index (χ3n) is 5.23. The maximum absolute atomic E-state index is 13.4. The molecule has 6 heteroatoms. The van der Waals surface area contributed by atoms with Gasteiger partial charge in [-0.05, 0) is 42.7 Å². The fraction of sp³-hybridized carbons (Fsp3) is 0.304. The van der Waals surface area contributed by atoms with E-state index < -0.39 is 0 Å². The smallest absolute Gasteiger partial charge is 0.257 e. The average molecular weight is 394 g/mol. The zero-order valence-corrected chi connectivity index (χ0v) is 16.3. The van der Waals surface area contributed by atoms with Gasteiger partial charge in [-0.1, -0.05) is 24.3 Å². The quantitative estimate of drug-likeness (QED) is 0.642. The first-order valence-corrected chi connectivity index (χ1v) is 9.75. The minimum absolute atomic E-state index is 0.0429. The molecule has 29 heavy (non-hydrogen) atoms. The Labute approximate surface area is 169 Å². The van der Waals surface area contributed by atoms with Crippen molar-refractivity contribution in [3.63, 3.8) is 0 Å². The molecule has 1 fully saturated rings. The van der Waals surface area contributed by atoms with Crippen LogP contribution >= 0.6 is 0 Å². The van der Waals surface area contributed by atoms with E-state index in [0.717, 1.165) is 18.4 Å². The highest BCUT2D eigenvalue weighted by molar-refractivity contribution is 5.97. The van der Waals surface area contributed by atoms with Crippen LogP contribution < -0.4 is 4.74 Å². The summed E-state index contributed by atoms with van der Waals surface area (Å²) in [5.74, 6) is 1.64. The molecule has 3 aromatic rings. The Bertz CT molecular complexity index is 1000. The second kappa shape index (κ2) is 8.47. The second-order valence-electron chi connectivity index (χ2n) is 7.26. The van der Waals surface area contributed by atoms with Crippen LogP contribution in [0.5, 0.6) is 5.75 Å². The highest BCUT2D eigenvalue weighted by Crippen LogP contribution is 2.29. The molecule has 1 amide bonds. The van der Waals surface area contributed by atoms with Crippen molar-refractivity contribution in [1.29, 1.82) is 0 Å². The summed E-state index contributed by atoms with van der Waals surface area (Å²) in [4.78, 5) is 19.3. The van der Waals surface area contributed by atoms with Crippen LogP contribution in [-0.4, -0.2) is 36.0 Å². The third-order valence-corrected chi connectivity index (χ3v) is 5.23. The number of aromatic nitrogens is 1. The molecule has 0 spiro atoms. The monoisotopic (exact) mass is 394 g/mol. The second-order valence-corrected chi connectivity index (χ2v) is 7.26. The summed E-state index contributed by atoms with van der Waals surface area (Å²) in [5, 5.41) is 0. The van der Waals surface area contributed by atoms with Crippen LogP contribution in [0.15, 0.2) is 59.1 Å². The van der Waals surface area contributed by atoms with Crippen molar-refractivity contribution in [3.8, 4) is 5.75 Å². The number of para-hydroxylation sites is 1. The molecular formula is C23H23FN2O3. The van der Waals surface area contributed by atoms with Gasteiger partial charge in [0.1, 0.15) is 17.3 Å². The van der Waals surface area contributed by atoms with Crippen LogP contribution in [-0.2, 0) is 6.42 Å². The van der Waals surface area contributed by atoms with E-state index >= 15 is 0 Å². The summed E-state index contributed by atoms with van der Waals surface area (Å²) < 4.78 is 24.7. The van der Waals surface area contributed by atoms with Crippen LogP contribution in [0.25, 0.3) is 0 Å². The number of likely N-dealkylation sites (tertiary alicyclic amines) is 1. The first kappa shape index (κ1) is 19.2. The highest BCUT2D eigenvalue weighted by Gasteiger charge is 2.29. The third kappa shape index (κ3) is 4.31. The Morgan fingerprint density at radius 2 is 2.14 bits per heavy atom. The Balaban J connectivity index is 1.46. The number of halogens is 1. The molecule has 1 aliphatic rings. The molecule has 150 valence electrons. The van der Waals surface area contributed by atoms with Gasteiger partial charge in [-0.3, -0.25) is 4.79 Å². The van der Waals surface area contributed by atoms with Crippen LogP contribution in [0.4, 0.5) is 4.39 Å². The van der Waals surface area contributed by atoms with Crippen molar-refractivity contribution in [2.75, 3.05) is 20.2 Å². The van der Waals surface area contributed by atoms with Crippen LogP contribution in [0.2, 0.25) is 0 Å². The van der Waals surface area contributed by atoms with E-state index in [2.05, 4.69) is 4.98 Å². The van der Waals surface area contributed by atoms with Gasteiger partial charge in [0, 0.05) is 19.5 Å². The molecule has 5 nitrogen and oxygen atoms in total. The van der Waals surface area contributed by atoms with Gasteiger partial charge in [-0.15, -0.1) is 0 Å². The largest absolute Gasteiger partial charge is 0.496 e. The van der Waals surface area contributed by atoms with Gasteiger partial charge in [0.05, 0.1) is 24.8 Å². The molecule has 0 N–H and O–H groups in total. The summed E-state index contributed by atoms with van der Waals surface area (Å²) in [5.41, 5.74) is 1.40. The Morgan fingerprint density at radius 1 is 1.28 bits per heavy atom. The maximum Gasteiger partial charge on any atom is 0.257 e. The predicted molar refractivity (Wildman–Crippen MR) is 107 cm³/mol.